The number of amidine groups is 1. The van der Waals surface area contributed by atoms with Crippen LogP contribution in [-0.2, 0) is 20.7 Å². The van der Waals surface area contributed by atoms with Crippen LogP contribution in [0.4, 0.5) is 0 Å². The van der Waals surface area contributed by atoms with Crippen LogP contribution in [0.15, 0.2) is 40.5 Å². The lowest BCUT2D eigenvalue weighted by molar-refractivity contribution is -0.143. The molecule has 3 rings (SSSR count). The van der Waals surface area contributed by atoms with E-state index in [0.29, 0.717) is 16.4 Å². The molecule has 0 N–H and O–H groups in total. The molecule has 6 heteroatoms. The highest BCUT2D eigenvalue weighted by molar-refractivity contribution is 8.15. The number of carbonyl (C=O) groups excluding carboxylic acids is 2. The molecule has 5 nitrogen and oxygen atoms in total. The Bertz CT molecular complexity index is 796. The maximum atomic E-state index is 12.8. The third kappa shape index (κ3) is 3.30. The minimum absolute atomic E-state index is 0.0272. The van der Waals surface area contributed by atoms with Gasteiger partial charge in [-0.1, -0.05) is 43.0 Å². The summed E-state index contributed by atoms with van der Waals surface area (Å²) in [7, 11) is 0. The topological polar surface area (TPSA) is 59.0 Å². The molecule has 1 fully saturated rings. The van der Waals surface area contributed by atoms with Gasteiger partial charge in [0.2, 0.25) is 5.91 Å². The van der Waals surface area contributed by atoms with Crippen molar-refractivity contribution < 1.29 is 14.3 Å². The average molecular weight is 372 g/mol. The molecule has 2 atom stereocenters. The minimum atomic E-state index is -0.496. The van der Waals surface area contributed by atoms with Crippen molar-refractivity contribution in [3.63, 3.8) is 0 Å². The molecular formula is C20H24N2O3S. The molecule has 1 aromatic carbocycles. The zero-order valence-electron chi connectivity index (χ0n) is 15.8. The molecule has 0 aromatic heterocycles. The Kier molecular flexibility index (Phi) is 5.23. The van der Waals surface area contributed by atoms with E-state index in [1.54, 1.807) is 4.90 Å². The molecule has 0 radical (unpaired) electrons. The SMILES string of the molecule is CCc1ccc(C2C(C(=O)OC(C)C)=C(C)N=C3SC(C)C(=O)N32)cc1. The number of nitrogens with zero attached hydrogens (tertiary/aromatic N) is 2. The highest BCUT2D eigenvalue weighted by atomic mass is 32.2. The van der Waals surface area contributed by atoms with Crippen LogP contribution in [0.1, 0.15) is 51.8 Å². The standard InChI is InChI=1S/C20H24N2O3S/c1-6-14-7-9-15(10-8-14)17-16(19(24)25-11(2)3)12(4)21-20-22(17)18(23)13(5)26-20/h7-11,13,17H,6H2,1-5H3. The molecule has 1 aromatic rings. The minimum Gasteiger partial charge on any atom is -0.459 e. The van der Waals surface area contributed by atoms with E-state index in [-0.39, 0.29) is 17.3 Å². The summed E-state index contributed by atoms with van der Waals surface area (Å²) < 4.78 is 5.46. The van der Waals surface area contributed by atoms with Crippen LogP contribution < -0.4 is 0 Å². The van der Waals surface area contributed by atoms with Crippen LogP contribution in [0.2, 0.25) is 0 Å². The number of hydrogen-bond acceptors (Lipinski definition) is 5. The van der Waals surface area contributed by atoms with Crippen LogP contribution >= 0.6 is 11.8 Å². The van der Waals surface area contributed by atoms with Crippen LogP contribution in [0, 0.1) is 0 Å². The Morgan fingerprint density at radius 3 is 2.54 bits per heavy atom. The molecule has 0 aliphatic carbocycles. The van der Waals surface area contributed by atoms with E-state index >= 15 is 0 Å². The molecule has 0 bridgehead atoms. The first-order valence-corrected chi connectivity index (χ1v) is 9.80. The lowest BCUT2D eigenvalue weighted by atomic mass is 9.93. The van der Waals surface area contributed by atoms with Crippen molar-refractivity contribution in [2.45, 2.75) is 58.4 Å². The van der Waals surface area contributed by atoms with Gasteiger partial charge in [0.25, 0.3) is 0 Å². The summed E-state index contributed by atoms with van der Waals surface area (Å²) in [5.41, 5.74) is 3.16. The van der Waals surface area contributed by atoms with E-state index in [2.05, 4.69) is 11.9 Å². The Morgan fingerprint density at radius 2 is 1.96 bits per heavy atom. The van der Waals surface area contributed by atoms with Crippen LogP contribution in [0.5, 0.6) is 0 Å². The predicted molar refractivity (Wildman–Crippen MR) is 104 cm³/mol. The largest absolute Gasteiger partial charge is 0.459 e. The zero-order chi connectivity index (χ0) is 19.0. The zero-order valence-corrected chi connectivity index (χ0v) is 16.6. The number of carbonyl (C=O) groups is 2. The van der Waals surface area contributed by atoms with E-state index in [1.165, 1.54) is 17.3 Å². The fourth-order valence-electron chi connectivity index (χ4n) is 3.19. The smallest absolute Gasteiger partial charge is 0.338 e. The van der Waals surface area contributed by atoms with Crippen molar-refractivity contribution in [1.82, 2.24) is 4.90 Å². The third-order valence-electron chi connectivity index (χ3n) is 4.52. The van der Waals surface area contributed by atoms with Crippen LogP contribution in [-0.4, -0.2) is 33.3 Å². The van der Waals surface area contributed by atoms with Gasteiger partial charge in [0.1, 0.15) is 0 Å². The number of fused-ring (bicyclic) bond motifs is 1. The lowest BCUT2D eigenvalue weighted by Crippen LogP contribution is -2.40. The predicted octanol–water partition coefficient (Wildman–Crippen LogP) is 3.85. The van der Waals surface area contributed by atoms with Crippen molar-refractivity contribution in [3.8, 4) is 0 Å². The molecular weight excluding hydrogens is 348 g/mol. The van der Waals surface area contributed by atoms with Gasteiger partial charge in [0.05, 0.1) is 28.7 Å². The third-order valence-corrected chi connectivity index (χ3v) is 5.58. The Morgan fingerprint density at radius 1 is 1.31 bits per heavy atom. The maximum Gasteiger partial charge on any atom is 0.338 e. The monoisotopic (exact) mass is 372 g/mol. The Balaban J connectivity index is 2.11. The van der Waals surface area contributed by atoms with Gasteiger partial charge < -0.3 is 4.74 Å². The Hall–Kier alpha value is -2.08. The van der Waals surface area contributed by atoms with E-state index in [9.17, 15) is 9.59 Å². The highest BCUT2D eigenvalue weighted by Crippen LogP contribution is 2.43. The summed E-state index contributed by atoms with van der Waals surface area (Å²) in [4.78, 5) is 31.8. The van der Waals surface area contributed by atoms with Crippen LogP contribution in [0.25, 0.3) is 0 Å². The van der Waals surface area contributed by atoms with E-state index in [4.69, 9.17) is 4.74 Å². The van der Waals surface area contributed by atoms with E-state index in [1.807, 2.05) is 52.0 Å². The fourth-order valence-corrected chi connectivity index (χ4v) is 4.22. The van der Waals surface area contributed by atoms with E-state index in [0.717, 1.165) is 12.0 Å². The summed E-state index contributed by atoms with van der Waals surface area (Å²) in [6, 6.07) is 7.56. The molecule has 2 aliphatic rings. The number of ether oxygens (including phenoxy) is 1. The van der Waals surface area contributed by atoms with Crippen molar-refractivity contribution in [3.05, 3.63) is 46.7 Å². The summed E-state index contributed by atoms with van der Waals surface area (Å²) in [5.74, 6) is -0.442. The van der Waals surface area contributed by atoms with E-state index < -0.39 is 12.0 Å². The van der Waals surface area contributed by atoms with Crippen molar-refractivity contribution >= 4 is 28.8 Å². The van der Waals surface area contributed by atoms with Gasteiger partial charge in [-0.3, -0.25) is 9.69 Å². The van der Waals surface area contributed by atoms with Crippen molar-refractivity contribution in [2.24, 2.45) is 4.99 Å². The second kappa shape index (κ2) is 7.27. The summed E-state index contributed by atoms with van der Waals surface area (Å²) in [5, 5.41) is 0.449. The van der Waals surface area contributed by atoms with Gasteiger partial charge in [-0.25, -0.2) is 9.79 Å². The van der Waals surface area contributed by atoms with Gasteiger partial charge in [0.15, 0.2) is 5.17 Å². The molecule has 138 valence electrons. The highest BCUT2D eigenvalue weighted by Gasteiger charge is 2.46. The molecule has 1 amide bonds. The number of thioether (sulfide) groups is 1. The van der Waals surface area contributed by atoms with Gasteiger partial charge in [-0.15, -0.1) is 0 Å². The number of allylic oxidation sites excluding steroid dienone is 1. The van der Waals surface area contributed by atoms with Crippen molar-refractivity contribution in [1.29, 1.82) is 0 Å². The lowest BCUT2D eigenvalue weighted by Gasteiger charge is -2.33. The van der Waals surface area contributed by atoms with Gasteiger partial charge in [-0.2, -0.15) is 0 Å². The second-order valence-electron chi connectivity index (χ2n) is 6.81. The molecule has 0 saturated carbocycles. The molecule has 26 heavy (non-hydrogen) atoms. The van der Waals surface area contributed by atoms with Gasteiger partial charge in [-0.05, 0) is 45.2 Å². The molecule has 2 heterocycles. The number of hydrogen-bond donors (Lipinski definition) is 0. The Labute approximate surface area is 158 Å². The first kappa shape index (κ1) is 18.7. The quantitative estimate of drug-likeness (QED) is 0.753. The summed E-state index contributed by atoms with van der Waals surface area (Å²) in [6.07, 6.45) is 0.698. The molecule has 2 unspecified atom stereocenters. The number of aryl methyl sites for hydroxylation is 1. The first-order valence-electron chi connectivity index (χ1n) is 8.92. The number of amides is 1. The number of benzene rings is 1. The number of esters is 1. The normalized spacial score (nSPS) is 22.6. The number of rotatable bonds is 4. The van der Waals surface area contributed by atoms with Gasteiger partial charge in [0, 0.05) is 0 Å². The second-order valence-corrected chi connectivity index (χ2v) is 8.12. The first-order chi connectivity index (χ1) is 12.3. The fraction of sp³-hybridized carbons (Fsp3) is 0.450. The van der Waals surface area contributed by atoms with Crippen LogP contribution in [0.3, 0.4) is 0 Å². The average Bonchev–Trinajstić information content (AvgIpc) is 2.87. The molecule has 0 spiro atoms. The summed E-state index contributed by atoms with van der Waals surface area (Å²) in [6.45, 7) is 9.40. The number of aliphatic imine (C=N–C) groups is 1. The molecule has 2 aliphatic heterocycles. The van der Waals surface area contributed by atoms with Gasteiger partial charge >= 0.3 is 5.97 Å². The molecule has 1 saturated heterocycles. The maximum absolute atomic E-state index is 12.8. The van der Waals surface area contributed by atoms with Crippen molar-refractivity contribution in [2.75, 3.05) is 0 Å². The summed E-state index contributed by atoms with van der Waals surface area (Å²) >= 11 is 1.44.